The third kappa shape index (κ3) is 9.25. The Kier molecular flexibility index (Phi) is 12.7. The van der Waals surface area contributed by atoms with Gasteiger partial charge in [0.2, 0.25) is 0 Å². The average molecular weight is 893 g/mol. The topological polar surface area (TPSA) is 255 Å². The minimum Gasteiger partial charge on any atom is -0.396 e. The monoisotopic (exact) mass is 891 g/mol. The van der Waals surface area contributed by atoms with Crippen molar-refractivity contribution in [1.29, 1.82) is 0 Å². The summed E-state index contributed by atoms with van der Waals surface area (Å²) < 4.78 is 33.7. The number of benzene rings is 2. The van der Waals surface area contributed by atoms with Gasteiger partial charge in [0.1, 0.15) is 12.7 Å². The van der Waals surface area contributed by atoms with E-state index in [-0.39, 0.29) is 19.0 Å². The first kappa shape index (κ1) is 40.2. The van der Waals surface area contributed by atoms with Gasteiger partial charge >= 0.3 is 10.3 Å². The fraction of sp³-hybridized carbons (Fsp3) is 0.250. The molecular formula is C32H31Cl2N13O4S5. The number of hydrogen-bond donors (Lipinski definition) is 4. The normalized spacial score (nSPS) is 11.9. The number of aliphatic hydroxyl groups excluding tert-OH is 1. The first-order chi connectivity index (χ1) is 27.0. The summed E-state index contributed by atoms with van der Waals surface area (Å²) in [5.41, 5.74) is 16.0. The van der Waals surface area contributed by atoms with Gasteiger partial charge in [-0.3, -0.25) is 4.18 Å². The largest absolute Gasteiger partial charge is 0.396 e. The number of nitrogen functional groups attached to an aromatic ring is 2. The molecule has 0 amide bonds. The van der Waals surface area contributed by atoms with Gasteiger partial charge in [-0.1, -0.05) is 35.3 Å². The molecule has 8 aromatic rings. The number of thiazole rings is 2. The van der Waals surface area contributed by atoms with Crippen LogP contribution in [0, 0.1) is 0 Å². The Morgan fingerprint density at radius 3 is 1.64 bits per heavy atom. The number of nitrogens with zero attached hydrogens (tertiary/aromatic N) is 10. The van der Waals surface area contributed by atoms with Crippen LogP contribution in [0.3, 0.4) is 0 Å². The summed E-state index contributed by atoms with van der Waals surface area (Å²) in [7, 11) is -3.94. The van der Waals surface area contributed by atoms with Crippen molar-refractivity contribution in [3.05, 3.63) is 59.1 Å². The molecule has 0 aliphatic carbocycles. The fourth-order valence-electron chi connectivity index (χ4n) is 5.39. The minimum atomic E-state index is -3.94. The van der Waals surface area contributed by atoms with Crippen LogP contribution in [0.25, 0.3) is 42.8 Å². The maximum atomic E-state index is 10.9. The number of rotatable bonds is 14. The van der Waals surface area contributed by atoms with Gasteiger partial charge in [0.25, 0.3) is 0 Å². The van der Waals surface area contributed by atoms with E-state index in [9.17, 15) is 8.42 Å². The molecule has 6 heterocycles. The molecule has 292 valence electrons. The maximum Gasteiger partial charge on any atom is 0.333 e. The fourth-order valence-corrected chi connectivity index (χ4v) is 10.4. The quantitative estimate of drug-likeness (QED) is 0.0859. The van der Waals surface area contributed by atoms with Gasteiger partial charge in [0.15, 0.2) is 53.0 Å². The summed E-state index contributed by atoms with van der Waals surface area (Å²) in [6, 6.07) is 11.3. The van der Waals surface area contributed by atoms with Crippen LogP contribution in [0.1, 0.15) is 25.7 Å². The van der Waals surface area contributed by atoms with Crippen molar-refractivity contribution in [2.45, 2.75) is 57.8 Å². The lowest BCUT2D eigenvalue weighted by atomic mass is 10.3. The molecule has 0 unspecified atom stereocenters. The van der Waals surface area contributed by atoms with Crippen LogP contribution in [0.4, 0.5) is 11.6 Å². The van der Waals surface area contributed by atoms with E-state index in [0.29, 0.717) is 75.7 Å². The number of aliphatic hydroxyl groups is 1. The molecule has 8 rings (SSSR count). The highest BCUT2D eigenvalue weighted by molar-refractivity contribution is 8.01. The zero-order valence-corrected chi connectivity index (χ0v) is 34.5. The highest BCUT2D eigenvalue weighted by Gasteiger charge is 2.20. The number of halogens is 2. The average Bonchev–Trinajstić information content (AvgIpc) is 3.94. The Labute approximate surface area is 345 Å². The predicted molar refractivity (Wildman–Crippen MR) is 222 cm³/mol. The number of hydrogen-bond acceptors (Lipinski definition) is 18. The number of anilines is 2. The second-order valence-electron chi connectivity index (χ2n) is 11.7. The minimum absolute atomic E-state index is 0.00142. The van der Waals surface area contributed by atoms with Crippen LogP contribution < -0.4 is 16.6 Å². The van der Waals surface area contributed by atoms with Gasteiger partial charge < -0.3 is 25.7 Å². The summed E-state index contributed by atoms with van der Waals surface area (Å²) in [6.07, 6.45) is 5.44. The van der Waals surface area contributed by atoms with E-state index < -0.39 is 10.3 Å². The third-order valence-corrected chi connectivity index (χ3v) is 13.6. The maximum absolute atomic E-state index is 10.9. The highest BCUT2D eigenvalue weighted by Crippen LogP contribution is 2.39. The molecule has 0 aliphatic rings. The highest BCUT2D eigenvalue weighted by atomic mass is 35.5. The van der Waals surface area contributed by atoms with Gasteiger partial charge in [-0.2, -0.15) is 8.42 Å². The molecule has 24 heteroatoms. The first-order valence-electron chi connectivity index (χ1n) is 16.7. The Bertz CT molecular complexity index is 2780. The lowest BCUT2D eigenvalue weighted by Crippen LogP contribution is -2.16. The Balaban J connectivity index is 0.000000173. The summed E-state index contributed by atoms with van der Waals surface area (Å²) >= 11 is 18.4. The van der Waals surface area contributed by atoms with E-state index in [2.05, 4.69) is 44.1 Å². The van der Waals surface area contributed by atoms with Crippen LogP contribution in [0.5, 0.6) is 0 Å². The summed E-state index contributed by atoms with van der Waals surface area (Å²) in [6.45, 7) is 1.36. The third-order valence-electron chi connectivity index (χ3n) is 7.92. The van der Waals surface area contributed by atoms with Crippen molar-refractivity contribution in [2.24, 2.45) is 5.14 Å². The van der Waals surface area contributed by atoms with Crippen molar-refractivity contribution in [2.75, 3.05) is 24.7 Å². The number of nitrogens with two attached hydrogens (primary N) is 3. The molecule has 17 nitrogen and oxygen atoms in total. The molecule has 0 fully saturated rings. The number of imidazole rings is 2. The smallest absolute Gasteiger partial charge is 0.333 e. The molecule has 0 bridgehead atoms. The number of unbranched alkanes of at least 4 members (excludes halogenated alkanes) is 2. The number of fused-ring (bicyclic) bond motifs is 4. The standard InChI is InChI=1S/C16H16ClN7O3S3.C16H15ClN6OS2/c17-9-4-3-5-10-12(9)28-16(22-10)29-15-23-11-13(18)20-8-21-14(11)24(15)6-1-2-7-27-30(19,25)26;17-9-4-3-5-10-12(9)25-16(21-10)26-15-22-11-13(18)19-8-20-14(11)23(15)6-1-2-7-24/h3-5,8H,1-2,6-7H2,(H2,18,20,21)(H2,19,25,26);3-5,8,24H,1-2,6-7H2,(H2,18,19,20). The van der Waals surface area contributed by atoms with E-state index in [1.54, 1.807) is 0 Å². The molecule has 2 aromatic carbocycles. The molecule has 56 heavy (non-hydrogen) atoms. The lowest BCUT2D eigenvalue weighted by molar-refractivity contribution is 0.281. The number of aromatic nitrogens is 10. The van der Waals surface area contributed by atoms with Gasteiger partial charge in [-0.25, -0.2) is 45.0 Å². The SMILES string of the molecule is Nc1ncnc2c1nc(Sc1nc3cccc(Cl)c3s1)n2CCCCO.Nc1ncnc2c1nc(Sc1nc3cccc(Cl)c3s1)n2CCCCOS(N)(=O)=O. The molecule has 6 aromatic heterocycles. The molecule has 0 spiro atoms. The zero-order valence-electron chi connectivity index (χ0n) is 28.9. The van der Waals surface area contributed by atoms with Crippen molar-refractivity contribution in [3.8, 4) is 0 Å². The second-order valence-corrected chi connectivity index (χ2v) is 18.2. The molecule has 0 saturated heterocycles. The van der Waals surface area contributed by atoms with E-state index in [0.717, 1.165) is 40.7 Å². The molecule has 7 N–H and O–H groups in total. The summed E-state index contributed by atoms with van der Waals surface area (Å²) in [5.74, 6) is 0.635. The van der Waals surface area contributed by atoms with Crippen LogP contribution >= 0.6 is 69.4 Å². The van der Waals surface area contributed by atoms with E-state index in [1.807, 2.05) is 45.5 Å². The van der Waals surface area contributed by atoms with Gasteiger partial charge in [-0.05, 0) is 73.5 Å². The van der Waals surface area contributed by atoms with Crippen LogP contribution in [0.2, 0.25) is 10.0 Å². The van der Waals surface area contributed by atoms with Crippen LogP contribution in [-0.4, -0.2) is 75.7 Å². The van der Waals surface area contributed by atoms with Crippen molar-refractivity contribution in [3.63, 3.8) is 0 Å². The predicted octanol–water partition coefficient (Wildman–Crippen LogP) is 6.42. The molecule has 0 saturated carbocycles. The lowest BCUT2D eigenvalue weighted by Gasteiger charge is -2.07. The van der Waals surface area contributed by atoms with Crippen LogP contribution in [0.15, 0.2) is 68.0 Å². The summed E-state index contributed by atoms with van der Waals surface area (Å²) in [5, 5.41) is 16.7. The number of aryl methyl sites for hydroxylation is 2. The van der Waals surface area contributed by atoms with Crippen molar-refractivity contribution < 1.29 is 17.7 Å². The second kappa shape index (κ2) is 17.7. The Morgan fingerprint density at radius 2 is 1.20 bits per heavy atom. The molecular weight excluding hydrogens is 862 g/mol. The van der Waals surface area contributed by atoms with Crippen molar-refractivity contribution in [1.82, 2.24) is 49.0 Å². The first-order valence-corrected chi connectivity index (χ1v) is 22.2. The van der Waals surface area contributed by atoms with Gasteiger partial charge in [-0.15, -0.1) is 22.7 Å². The molecule has 0 atom stereocenters. The van der Waals surface area contributed by atoms with E-state index >= 15 is 0 Å². The Morgan fingerprint density at radius 1 is 0.714 bits per heavy atom. The van der Waals surface area contributed by atoms with Gasteiger partial charge in [0.05, 0.1) is 37.1 Å². The van der Waals surface area contributed by atoms with E-state index in [4.69, 9.17) is 44.9 Å². The van der Waals surface area contributed by atoms with E-state index in [1.165, 1.54) is 58.9 Å². The van der Waals surface area contributed by atoms with Crippen molar-refractivity contribution >= 4 is 134 Å². The Hall–Kier alpha value is -3.97. The summed E-state index contributed by atoms with van der Waals surface area (Å²) in [4.78, 5) is 35.1. The molecule has 0 aliphatic heterocycles. The van der Waals surface area contributed by atoms with Crippen LogP contribution in [-0.2, 0) is 27.6 Å². The zero-order chi connectivity index (χ0) is 39.4. The van der Waals surface area contributed by atoms with Gasteiger partial charge in [0, 0.05) is 19.7 Å². The molecule has 0 radical (unpaired) electrons.